The van der Waals surface area contributed by atoms with Crippen molar-refractivity contribution < 1.29 is 12.8 Å². The van der Waals surface area contributed by atoms with Crippen LogP contribution in [0.4, 0.5) is 4.39 Å². The minimum Gasteiger partial charge on any atom is -0.301 e. The molecule has 1 aliphatic carbocycles. The fourth-order valence-corrected chi connectivity index (χ4v) is 3.84. The van der Waals surface area contributed by atoms with Crippen molar-refractivity contribution in [2.45, 2.75) is 24.2 Å². The molecule has 2 aromatic heterocycles. The highest BCUT2D eigenvalue weighted by atomic mass is 32.2. The molecule has 0 saturated heterocycles. The smallest absolute Gasteiger partial charge is 0.175 e. The molecular weight excluding hydrogens is 351 g/mol. The van der Waals surface area contributed by atoms with Gasteiger partial charge in [0.1, 0.15) is 11.5 Å². The Labute approximate surface area is 151 Å². The lowest BCUT2D eigenvalue weighted by Crippen LogP contribution is -2.10. The molecular formula is C20H19FN2O2S. The first-order valence-electron chi connectivity index (χ1n) is 8.57. The molecule has 0 N–H and O–H groups in total. The number of aromatic nitrogens is 2. The van der Waals surface area contributed by atoms with Gasteiger partial charge in [0.05, 0.1) is 16.8 Å². The third-order valence-corrected chi connectivity index (χ3v) is 6.00. The monoisotopic (exact) mass is 370 g/mol. The maximum Gasteiger partial charge on any atom is 0.175 e. The number of hydrogen-bond donors (Lipinski definition) is 0. The third-order valence-electron chi connectivity index (χ3n) is 4.87. The Bertz CT molecular complexity index is 1090. The number of halogens is 1. The van der Waals surface area contributed by atoms with Gasteiger partial charge in [-0.15, -0.1) is 0 Å². The summed E-state index contributed by atoms with van der Waals surface area (Å²) in [5, 5.41) is 0.734. The average Bonchev–Trinajstić information content (AvgIpc) is 2.96. The van der Waals surface area contributed by atoms with Gasteiger partial charge in [-0.3, -0.25) is 0 Å². The van der Waals surface area contributed by atoms with E-state index in [1.165, 1.54) is 24.9 Å². The van der Waals surface area contributed by atoms with Gasteiger partial charge in [0, 0.05) is 17.8 Å². The zero-order valence-electron chi connectivity index (χ0n) is 14.4. The zero-order chi connectivity index (χ0) is 18.3. The van der Waals surface area contributed by atoms with Crippen LogP contribution in [0.3, 0.4) is 0 Å². The molecule has 0 unspecified atom stereocenters. The number of sulfone groups is 1. The van der Waals surface area contributed by atoms with E-state index < -0.39 is 9.84 Å². The molecule has 2 heterocycles. The van der Waals surface area contributed by atoms with Crippen LogP contribution in [0.2, 0.25) is 0 Å². The minimum absolute atomic E-state index is 0.293. The molecule has 6 heteroatoms. The molecule has 0 amide bonds. The van der Waals surface area contributed by atoms with Gasteiger partial charge in [-0.2, -0.15) is 0 Å². The van der Waals surface area contributed by atoms with E-state index in [0.29, 0.717) is 16.5 Å². The molecule has 0 spiro atoms. The molecule has 0 aliphatic heterocycles. The molecule has 1 aromatic carbocycles. The Morgan fingerprint density at radius 3 is 2.58 bits per heavy atom. The second-order valence-corrected chi connectivity index (χ2v) is 8.81. The van der Waals surface area contributed by atoms with Crippen LogP contribution < -0.4 is 0 Å². The highest BCUT2D eigenvalue weighted by Gasteiger charge is 2.19. The first-order chi connectivity index (χ1) is 12.4. The normalized spacial score (nSPS) is 16.0. The van der Waals surface area contributed by atoms with E-state index in [1.807, 2.05) is 29.0 Å². The van der Waals surface area contributed by atoms with Crippen molar-refractivity contribution in [2.24, 2.45) is 5.92 Å². The maximum absolute atomic E-state index is 13.5. The average molecular weight is 370 g/mol. The number of hydrogen-bond acceptors (Lipinski definition) is 3. The lowest BCUT2D eigenvalue weighted by molar-refractivity contribution is 0.388. The zero-order valence-corrected chi connectivity index (χ0v) is 15.2. The lowest BCUT2D eigenvalue weighted by Gasteiger charge is -2.24. The van der Waals surface area contributed by atoms with E-state index >= 15 is 0 Å². The molecule has 0 atom stereocenters. The number of rotatable bonds is 4. The highest BCUT2D eigenvalue weighted by Crippen LogP contribution is 2.33. The fraction of sp³-hybridized carbons (Fsp3) is 0.250. The largest absolute Gasteiger partial charge is 0.301 e. The van der Waals surface area contributed by atoms with Gasteiger partial charge in [0.2, 0.25) is 0 Å². The maximum atomic E-state index is 13.5. The van der Waals surface area contributed by atoms with Gasteiger partial charge in [0.15, 0.2) is 9.84 Å². The Morgan fingerprint density at radius 1 is 1.23 bits per heavy atom. The lowest BCUT2D eigenvalue weighted by atomic mass is 9.84. The predicted octanol–water partition coefficient (Wildman–Crippen LogP) is 4.27. The summed E-state index contributed by atoms with van der Waals surface area (Å²) < 4.78 is 38.8. The first kappa shape index (κ1) is 17.0. The van der Waals surface area contributed by atoms with Gasteiger partial charge >= 0.3 is 0 Å². The van der Waals surface area contributed by atoms with Crippen molar-refractivity contribution >= 4 is 26.6 Å². The summed E-state index contributed by atoms with van der Waals surface area (Å²) in [5.74, 6) is 0.134. The van der Waals surface area contributed by atoms with E-state index in [0.717, 1.165) is 29.5 Å². The summed E-state index contributed by atoms with van der Waals surface area (Å²) >= 11 is 0. The molecule has 1 saturated carbocycles. The van der Waals surface area contributed by atoms with Crippen LogP contribution >= 0.6 is 0 Å². The van der Waals surface area contributed by atoms with E-state index in [9.17, 15) is 12.8 Å². The van der Waals surface area contributed by atoms with Crippen LogP contribution in [0.25, 0.3) is 16.7 Å². The Morgan fingerprint density at radius 2 is 1.96 bits per heavy atom. The Balaban J connectivity index is 1.83. The quantitative estimate of drug-likeness (QED) is 0.689. The Hall–Kier alpha value is -2.47. The number of pyridine rings is 1. The molecule has 4 nitrogen and oxygen atoms in total. The molecule has 26 heavy (non-hydrogen) atoms. The summed E-state index contributed by atoms with van der Waals surface area (Å²) in [4.78, 5) is 4.54. The number of allylic oxidation sites excluding steroid dienone is 1. The minimum atomic E-state index is -3.24. The molecule has 134 valence electrons. The van der Waals surface area contributed by atoms with Crippen LogP contribution in [0.5, 0.6) is 0 Å². The molecule has 0 radical (unpaired) electrons. The Kier molecular flexibility index (Phi) is 4.15. The van der Waals surface area contributed by atoms with Crippen LogP contribution in [-0.4, -0.2) is 24.2 Å². The van der Waals surface area contributed by atoms with Crippen molar-refractivity contribution in [1.82, 2.24) is 9.55 Å². The van der Waals surface area contributed by atoms with Crippen LogP contribution in [0.15, 0.2) is 59.8 Å². The number of fused-ring (bicyclic) bond motifs is 1. The van der Waals surface area contributed by atoms with Crippen molar-refractivity contribution in [1.29, 1.82) is 0 Å². The van der Waals surface area contributed by atoms with Crippen molar-refractivity contribution in [3.63, 3.8) is 0 Å². The topological polar surface area (TPSA) is 52.0 Å². The van der Waals surface area contributed by atoms with Crippen molar-refractivity contribution in [2.75, 3.05) is 6.26 Å². The second kappa shape index (κ2) is 6.36. The molecule has 4 rings (SSSR count). The standard InChI is InChI=1S/C20H19FN2O2S/c1-26(24,25)18-7-5-15(6-8-18)19(11-14-3-2-4-14)23-10-9-16-12-17(21)13-22-20(16)23/h5-14H,2-4H2,1H3/b19-11+. The van der Waals surface area contributed by atoms with E-state index in [4.69, 9.17) is 0 Å². The van der Waals surface area contributed by atoms with E-state index in [-0.39, 0.29) is 5.82 Å². The van der Waals surface area contributed by atoms with Gasteiger partial charge in [0.25, 0.3) is 0 Å². The molecule has 3 aromatic rings. The SMILES string of the molecule is CS(=O)(=O)c1ccc(/C(=C\C2CCC2)n2ccc3cc(F)cnc32)cc1. The number of nitrogens with zero attached hydrogens (tertiary/aromatic N) is 2. The molecule has 1 fully saturated rings. The van der Waals surface area contributed by atoms with Crippen molar-refractivity contribution in [3.05, 3.63) is 66.2 Å². The third kappa shape index (κ3) is 3.17. The number of benzene rings is 1. The van der Waals surface area contributed by atoms with Crippen molar-refractivity contribution in [3.8, 4) is 0 Å². The fourth-order valence-electron chi connectivity index (χ4n) is 3.21. The summed E-state index contributed by atoms with van der Waals surface area (Å²) in [6.07, 6.45) is 10.0. The van der Waals surface area contributed by atoms with Gasteiger partial charge in [-0.1, -0.05) is 24.6 Å². The molecule has 1 aliphatic rings. The molecule has 0 bridgehead atoms. The van der Waals surface area contributed by atoms with E-state index in [2.05, 4.69) is 11.1 Å². The van der Waals surface area contributed by atoms with Gasteiger partial charge in [-0.05, 0) is 48.6 Å². The summed E-state index contributed by atoms with van der Waals surface area (Å²) in [6, 6.07) is 10.2. The summed E-state index contributed by atoms with van der Waals surface area (Å²) in [6.45, 7) is 0. The van der Waals surface area contributed by atoms with E-state index in [1.54, 1.807) is 12.1 Å². The predicted molar refractivity (Wildman–Crippen MR) is 100.0 cm³/mol. The highest BCUT2D eigenvalue weighted by molar-refractivity contribution is 7.90. The van der Waals surface area contributed by atoms with Gasteiger partial charge in [-0.25, -0.2) is 17.8 Å². The summed E-state index contributed by atoms with van der Waals surface area (Å²) in [7, 11) is -3.24. The first-order valence-corrected chi connectivity index (χ1v) is 10.5. The summed E-state index contributed by atoms with van der Waals surface area (Å²) in [5.41, 5.74) is 2.54. The van der Waals surface area contributed by atoms with Gasteiger partial charge < -0.3 is 4.57 Å². The van der Waals surface area contributed by atoms with Crippen LogP contribution in [-0.2, 0) is 9.84 Å². The van der Waals surface area contributed by atoms with Crippen LogP contribution in [0, 0.1) is 11.7 Å². The second-order valence-electron chi connectivity index (χ2n) is 6.79. The van der Waals surface area contributed by atoms with Crippen LogP contribution in [0.1, 0.15) is 24.8 Å².